The fourth-order valence-corrected chi connectivity index (χ4v) is 3.19. The molecule has 1 aromatic carbocycles. The summed E-state index contributed by atoms with van der Waals surface area (Å²) in [4.78, 5) is 12.2. The topological polar surface area (TPSA) is 31.2 Å². The Kier molecular flexibility index (Phi) is 6.34. The third-order valence-electron chi connectivity index (χ3n) is 3.96. The minimum atomic E-state index is -0.241. The lowest BCUT2D eigenvalue weighted by atomic mass is 10.1. The van der Waals surface area contributed by atoms with E-state index in [0.717, 1.165) is 24.4 Å². The van der Waals surface area contributed by atoms with Crippen molar-refractivity contribution >= 4 is 17.7 Å². The van der Waals surface area contributed by atoms with Crippen molar-refractivity contribution in [1.29, 1.82) is 0 Å². The highest BCUT2D eigenvalue weighted by atomic mass is 32.2. The molecule has 1 heterocycles. The van der Waals surface area contributed by atoms with Gasteiger partial charge in [-0.3, -0.25) is 0 Å². The predicted octanol–water partition coefficient (Wildman–Crippen LogP) is 4.35. The quantitative estimate of drug-likeness (QED) is 0.707. The zero-order chi connectivity index (χ0) is 16.8. The Morgan fingerprint density at radius 2 is 1.96 bits per heavy atom. The summed E-state index contributed by atoms with van der Waals surface area (Å²) in [5, 5.41) is 0. The molecule has 1 aromatic heterocycles. The predicted molar refractivity (Wildman–Crippen MR) is 97.5 cm³/mol. The third kappa shape index (κ3) is 4.20. The number of thioether (sulfide) groups is 1. The van der Waals surface area contributed by atoms with E-state index in [1.54, 1.807) is 11.8 Å². The number of nitrogens with zero attached hydrogens (tertiary/aromatic N) is 1. The van der Waals surface area contributed by atoms with Crippen LogP contribution in [0.3, 0.4) is 0 Å². The maximum absolute atomic E-state index is 12.2. The Hall–Kier alpha value is -1.68. The number of hydrogen-bond acceptors (Lipinski definition) is 3. The lowest BCUT2D eigenvalue weighted by molar-refractivity contribution is 0.0599. The summed E-state index contributed by atoms with van der Waals surface area (Å²) in [6.45, 7) is 5.11. The summed E-state index contributed by atoms with van der Waals surface area (Å²) in [5.74, 6) is 1.10. The van der Waals surface area contributed by atoms with Crippen LogP contribution in [0, 0.1) is 0 Å². The van der Waals surface area contributed by atoms with Crippen LogP contribution < -0.4 is 0 Å². The largest absolute Gasteiger partial charge is 0.465 e. The van der Waals surface area contributed by atoms with E-state index in [1.165, 1.54) is 18.4 Å². The molecule has 2 aromatic rings. The average Bonchev–Trinajstić information content (AvgIpc) is 2.91. The molecular formula is C19H25NO2S. The highest BCUT2D eigenvalue weighted by Crippen LogP contribution is 2.26. The van der Waals surface area contributed by atoms with E-state index < -0.39 is 0 Å². The zero-order valence-electron chi connectivity index (χ0n) is 14.3. The van der Waals surface area contributed by atoms with Crippen molar-refractivity contribution in [2.45, 2.75) is 32.7 Å². The van der Waals surface area contributed by atoms with Crippen LogP contribution in [0.4, 0.5) is 0 Å². The van der Waals surface area contributed by atoms with E-state index >= 15 is 0 Å². The highest BCUT2D eigenvalue weighted by Gasteiger charge is 2.22. The van der Waals surface area contributed by atoms with E-state index in [-0.39, 0.29) is 5.97 Å². The van der Waals surface area contributed by atoms with E-state index in [2.05, 4.69) is 48.9 Å². The van der Waals surface area contributed by atoms with Crippen LogP contribution in [-0.4, -0.2) is 29.7 Å². The van der Waals surface area contributed by atoms with Crippen LogP contribution in [0.5, 0.6) is 0 Å². The molecule has 124 valence electrons. The van der Waals surface area contributed by atoms with Crippen LogP contribution in [0.25, 0.3) is 0 Å². The average molecular weight is 331 g/mol. The second kappa shape index (κ2) is 8.25. The molecule has 0 saturated heterocycles. The molecular weight excluding hydrogens is 306 g/mol. The molecule has 0 radical (unpaired) electrons. The van der Waals surface area contributed by atoms with Gasteiger partial charge in [0.1, 0.15) is 0 Å². The molecule has 0 amide bonds. The first-order valence-electron chi connectivity index (χ1n) is 7.92. The summed E-state index contributed by atoms with van der Waals surface area (Å²) in [7, 11) is 1.45. The minimum Gasteiger partial charge on any atom is -0.465 e. The van der Waals surface area contributed by atoms with Gasteiger partial charge in [-0.05, 0) is 36.0 Å². The van der Waals surface area contributed by atoms with Crippen LogP contribution in [0.2, 0.25) is 0 Å². The molecule has 0 aliphatic heterocycles. The summed E-state index contributed by atoms with van der Waals surface area (Å²) < 4.78 is 7.29. The van der Waals surface area contributed by atoms with E-state index in [1.807, 2.05) is 12.1 Å². The van der Waals surface area contributed by atoms with E-state index in [9.17, 15) is 4.79 Å². The maximum Gasteiger partial charge on any atom is 0.339 e. The van der Waals surface area contributed by atoms with Crippen LogP contribution in [0.15, 0.2) is 36.4 Å². The van der Waals surface area contributed by atoms with Crippen molar-refractivity contribution in [2.24, 2.45) is 0 Å². The Labute approximate surface area is 143 Å². The van der Waals surface area contributed by atoms with Gasteiger partial charge in [0.2, 0.25) is 0 Å². The number of carbonyl (C=O) groups is 1. The Balaban J connectivity index is 2.50. The molecule has 0 atom stereocenters. The van der Waals surface area contributed by atoms with Gasteiger partial charge in [-0.2, -0.15) is 11.8 Å². The van der Waals surface area contributed by atoms with Crippen molar-refractivity contribution in [1.82, 2.24) is 4.57 Å². The molecule has 23 heavy (non-hydrogen) atoms. The summed E-state index contributed by atoms with van der Waals surface area (Å²) in [6.07, 6.45) is 2.96. The van der Waals surface area contributed by atoms with E-state index in [4.69, 9.17) is 4.74 Å². The van der Waals surface area contributed by atoms with Gasteiger partial charge >= 0.3 is 5.97 Å². The van der Waals surface area contributed by atoms with Gasteiger partial charge in [0.15, 0.2) is 0 Å². The molecule has 0 bridgehead atoms. The monoisotopic (exact) mass is 331 g/mol. The second-order valence-electron chi connectivity index (χ2n) is 5.89. The second-order valence-corrected chi connectivity index (χ2v) is 6.88. The number of benzene rings is 1. The third-order valence-corrected chi connectivity index (χ3v) is 4.58. The first kappa shape index (κ1) is 17.7. The lowest BCUT2D eigenvalue weighted by Crippen LogP contribution is -2.12. The lowest BCUT2D eigenvalue weighted by Gasteiger charge is -2.16. The molecule has 0 unspecified atom stereocenters. The molecule has 0 fully saturated rings. The molecule has 4 heteroatoms. The van der Waals surface area contributed by atoms with Crippen LogP contribution >= 0.6 is 11.8 Å². The molecule has 3 nitrogen and oxygen atoms in total. The normalized spacial score (nSPS) is 11.0. The number of hydrogen-bond donors (Lipinski definition) is 0. The first-order chi connectivity index (χ1) is 11.1. The van der Waals surface area contributed by atoms with Crippen molar-refractivity contribution in [3.8, 4) is 0 Å². The Morgan fingerprint density at radius 1 is 1.26 bits per heavy atom. The molecule has 2 rings (SSSR count). The molecule has 0 N–H and O–H groups in total. The minimum absolute atomic E-state index is 0.241. The van der Waals surface area contributed by atoms with E-state index in [0.29, 0.717) is 11.5 Å². The number of esters is 1. The molecule has 0 aliphatic carbocycles. The number of ether oxygens (including phenoxy) is 1. The summed E-state index contributed by atoms with van der Waals surface area (Å²) in [5.41, 5.74) is 4.22. The highest BCUT2D eigenvalue weighted by molar-refractivity contribution is 7.98. The van der Waals surface area contributed by atoms with Crippen molar-refractivity contribution in [3.05, 3.63) is 58.9 Å². The first-order valence-corrected chi connectivity index (χ1v) is 9.31. The molecule has 0 spiro atoms. The maximum atomic E-state index is 12.2. The van der Waals surface area contributed by atoms with Gasteiger partial charge in [0.05, 0.1) is 12.7 Å². The standard InChI is InChI=1S/C19H25NO2S/c1-14(2)18-12-16(19(21)22-3)17(10-11-23-4)20(18)13-15-8-6-5-7-9-15/h5-9,12,14H,10-11,13H2,1-4H3. The SMILES string of the molecule is COC(=O)c1cc(C(C)C)n(Cc2ccccc2)c1CCSC. The van der Waals surface area contributed by atoms with Gasteiger partial charge in [-0.25, -0.2) is 4.79 Å². The van der Waals surface area contributed by atoms with Crippen molar-refractivity contribution in [3.63, 3.8) is 0 Å². The number of aromatic nitrogens is 1. The fourth-order valence-electron chi connectivity index (χ4n) is 2.80. The number of rotatable bonds is 7. The van der Waals surface area contributed by atoms with Gasteiger partial charge < -0.3 is 9.30 Å². The molecule has 0 aliphatic rings. The summed E-state index contributed by atoms with van der Waals surface area (Å²) in [6, 6.07) is 12.4. The zero-order valence-corrected chi connectivity index (χ0v) is 15.2. The fraction of sp³-hybridized carbons (Fsp3) is 0.421. The van der Waals surface area contributed by atoms with Gasteiger partial charge in [0, 0.05) is 17.9 Å². The van der Waals surface area contributed by atoms with Gasteiger partial charge in [0.25, 0.3) is 0 Å². The summed E-state index contributed by atoms with van der Waals surface area (Å²) >= 11 is 1.79. The van der Waals surface area contributed by atoms with Crippen LogP contribution in [0.1, 0.15) is 47.1 Å². The molecule has 0 saturated carbocycles. The number of methoxy groups -OCH3 is 1. The Bertz CT molecular complexity index is 647. The van der Waals surface area contributed by atoms with Crippen molar-refractivity contribution < 1.29 is 9.53 Å². The van der Waals surface area contributed by atoms with Gasteiger partial charge in [-0.1, -0.05) is 44.2 Å². The van der Waals surface area contributed by atoms with Crippen LogP contribution in [-0.2, 0) is 17.7 Å². The number of carbonyl (C=O) groups excluding carboxylic acids is 1. The van der Waals surface area contributed by atoms with Crippen molar-refractivity contribution in [2.75, 3.05) is 19.1 Å². The smallest absolute Gasteiger partial charge is 0.339 e. The van der Waals surface area contributed by atoms with Gasteiger partial charge in [-0.15, -0.1) is 0 Å². The Morgan fingerprint density at radius 3 is 2.52 bits per heavy atom.